The van der Waals surface area contributed by atoms with E-state index >= 15 is 0 Å². The van der Waals surface area contributed by atoms with Crippen LogP contribution in [0, 0.1) is 5.82 Å². The second-order valence-electron chi connectivity index (χ2n) is 3.96. The minimum absolute atomic E-state index is 0.140. The van der Waals surface area contributed by atoms with Crippen molar-refractivity contribution in [3.8, 4) is 0 Å². The molecule has 0 aliphatic carbocycles. The Bertz CT molecular complexity index is 530. The summed E-state index contributed by atoms with van der Waals surface area (Å²) < 4.78 is 13.6. The molecule has 0 amide bonds. The number of hydrazine groups is 1. The molecule has 0 fully saturated rings. The maximum Gasteiger partial charge on any atom is 0.141 e. The summed E-state index contributed by atoms with van der Waals surface area (Å²) in [6.45, 7) is 1.90. The molecular weight excluding hydrogens is 231 g/mol. The number of hydrogen-bond donors (Lipinski definition) is 3. The maximum atomic E-state index is 13.6. The Balaban J connectivity index is 2.16. The molecule has 1 unspecified atom stereocenters. The van der Waals surface area contributed by atoms with Gasteiger partial charge in [-0.05, 0) is 19.1 Å². The van der Waals surface area contributed by atoms with Gasteiger partial charge in [0.05, 0.1) is 6.04 Å². The van der Waals surface area contributed by atoms with E-state index in [2.05, 4.69) is 15.7 Å². The molecule has 1 aromatic carbocycles. The predicted molar refractivity (Wildman–Crippen MR) is 70.5 cm³/mol. The first kappa shape index (κ1) is 12.3. The van der Waals surface area contributed by atoms with Gasteiger partial charge < -0.3 is 10.7 Å². The Morgan fingerprint density at radius 3 is 2.78 bits per heavy atom. The van der Waals surface area contributed by atoms with Gasteiger partial charge in [0.25, 0.3) is 0 Å². The summed E-state index contributed by atoms with van der Waals surface area (Å²) in [5.74, 6) is 5.62. The molecule has 1 aromatic heterocycles. The van der Waals surface area contributed by atoms with Crippen molar-refractivity contribution in [2.24, 2.45) is 5.84 Å². The Labute approximate surface area is 105 Å². The van der Waals surface area contributed by atoms with Crippen LogP contribution in [0.4, 0.5) is 15.9 Å². The van der Waals surface area contributed by atoms with E-state index in [-0.39, 0.29) is 11.9 Å². The highest BCUT2D eigenvalue weighted by atomic mass is 19.1. The lowest BCUT2D eigenvalue weighted by atomic mass is 10.1. The number of benzene rings is 1. The van der Waals surface area contributed by atoms with Gasteiger partial charge in [0, 0.05) is 23.5 Å². The molecule has 2 rings (SSSR count). The fourth-order valence-electron chi connectivity index (χ4n) is 1.75. The molecule has 18 heavy (non-hydrogen) atoms. The number of nitrogen functional groups attached to an aromatic ring is 1. The van der Waals surface area contributed by atoms with E-state index in [4.69, 9.17) is 5.84 Å². The molecule has 0 bridgehead atoms. The predicted octanol–water partition coefficient (Wildman–Crippen LogP) is 2.68. The standard InChI is InChI=1S/C13H15FN4/c1-9(11-4-2-3-5-12(11)14)17-10-6-7-16-13(8-10)18-15/h2-9H,15H2,1H3,(H2,16,17,18). The molecular formula is C13H15FN4. The topological polar surface area (TPSA) is 63.0 Å². The van der Waals surface area contributed by atoms with Gasteiger partial charge in [-0.1, -0.05) is 18.2 Å². The summed E-state index contributed by atoms with van der Waals surface area (Å²) >= 11 is 0. The lowest BCUT2D eigenvalue weighted by Crippen LogP contribution is -2.11. The third-order valence-corrected chi connectivity index (χ3v) is 2.66. The Kier molecular flexibility index (Phi) is 3.74. The van der Waals surface area contributed by atoms with Crippen molar-refractivity contribution in [1.29, 1.82) is 0 Å². The minimum Gasteiger partial charge on any atom is -0.378 e. The summed E-state index contributed by atoms with van der Waals surface area (Å²) in [6.07, 6.45) is 1.63. The van der Waals surface area contributed by atoms with Crippen LogP contribution < -0.4 is 16.6 Å². The van der Waals surface area contributed by atoms with Crippen molar-refractivity contribution in [3.05, 3.63) is 54.0 Å². The number of nitrogens with one attached hydrogen (secondary N) is 2. The highest BCUT2D eigenvalue weighted by Gasteiger charge is 2.10. The molecule has 2 aromatic rings. The molecule has 0 spiro atoms. The summed E-state index contributed by atoms with van der Waals surface area (Å²) in [5.41, 5.74) is 3.92. The van der Waals surface area contributed by atoms with Crippen molar-refractivity contribution in [3.63, 3.8) is 0 Å². The first-order valence-electron chi connectivity index (χ1n) is 5.64. The van der Waals surface area contributed by atoms with Crippen molar-refractivity contribution < 1.29 is 4.39 Å². The van der Waals surface area contributed by atoms with Crippen LogP contribution in [0.25, 0.3) is 0 Å². The molecule has 0 radical (unpaired) electrons. The quantitative estimate of drug-likeness (QED) is 0.573. The van der Waals surface area contributed by atoms with E-state index in [1.807, 2.05) is 13.0 Å². The van der Waals surface area contributed by atoms with Crippen LogP contribution in [0.5, 0.6) is 0 Å². The molecule has 94 valence electrons. The van der Waals surface area contributed by atoms with E-state index in [1.54, 1.807) is 30.5 Å². The average Bonchev–Trinajstić information content (AvgIpc) is 2.39. The summed E-state index contributed by atoms with van der Waals surface area (Å²) in [7, 11) is 0. The summed E-state index contributed by atoms with van der Waals surface area (Å²) in [6, 6.07) is 10.1. The van der Waals surface area contributed by atoms with Crippen LogP contribution in [0.15, 0.2) is 42.6 Å². The van der Waals surface area contributed by atoms with Gasteiger partial charge in [0.1, 0.15) is 11.6 Å². The summed E-state index contributed by atoms with van der Waals surface area (Å²) in [5, 5.41) is 3.20. The number of anilines is 2. The minimum atomic E-state index is -0.219. The Morgan fingerprint density at radius 1 is 1.28 bits per heavy atom. The van der Waals surface area contributed by atoms with Gasteiger partial charge in [-0.3, -0.25) is 0 Å². The van der Waals surface area contributed by atoms with Crippen LogP contribution in [-0.4, -0.2) is 4.98 Å². The molecule has 1 atom stereocenters. The van der Waals surface area contributed by atoms with Crippen LogP contribution >= 0.6 is 0 Å². The number of hydrogen-bond acceptors (Lipinski definition) is 4. The highest BCUT2D eigenvalue weighted by molar-refractivity contribution is 5.52. The Hall–Kier alpha value is -2.14. The van der Waals surface area contributed by atoms with E-state index in [9.17, 15) is 4.39 Å². The maximum absolute atomic E-state index is 13.6. The van der Waals surface area contributed by atoms with Gasteiger partial charge >= 0.3 is 0 Å². The lowest BCUT2D eigenvalue weighted by Gasteiger charge is -2.16. The lowest BCUT2D eigenvalue weighted by molar-refractivity contribution is 0.600. The zero-order chi connectivity index (χ0) is 13.0. The Morgan fingerprint density at radius 2 is 2.06 bits per heavy atom. The molecule has 0 saturated carbocycles. The number of aromatic nitrogens is 1. The number of nitrogens with two attached hydrogens (primary N) is 1. The van der Waals surface area contributed by atoms with E-state index in [0.717, 1.165) is 5.69 Å². The molecule has 4 N–H and O–H groups in total. The van der Waals surface area contributed by atoms with Crippen LogP contribution in [0.1, 0.15) is 18.5 Å². The van der Waals surface area contributed by atoms with Gasteiger partial charge in [-0.15, -0.1) is 0 Å². The number of nitrogens with zero attached hydrogens (tertiary/aromatic N) is 1. The monoisotopic (exact) mass is 246 g/mol. The smallest absolute Gasteiger partial charge is 0.141 e. The highest BCUT2D eigenvalue weighted by Crippen LogP contribution is 2.22. The largest absolute Gasteiger partial charge is 0.378 e. The number of pyridine rings is 1. The molecule has 1 heterocycles. The van der Waals surface area contributed by atoms with Gasteiger partial charge in [-0.2, -0.15) is 0 Å². The second kappa shape index (κ2) is 5.46. The van der Waals surface area contributed by atoms with Crippen LogP contribution in [0.3, 0.4) is 0 Å². The molecule has 5 heteroatoms. The molecule has 4 nitrogen and oxygen atoms in total. The van der Waals surface area contributed by atoms with Crippen molar-refractivity contribution in [1.82, 2.24) is 4.98 Å². The SMILES string of the molecule is CC(Nc1ccnc(NN)c1)c1ccccc1F. The van der Waals surface area contributed by atoms with E-state index in [1.165, 1.54) is 6.07 Å². The van der Waals surface area contributed by atoms with Crippen molar-refractivity contribution in [2.45, 2.75) is 13.0 Å². The zero-order valence-corrected chi connectivity index (χ0v) is 10.0. The number of rotatable bonds is 4. The zero-order valence-electron chi connectivity index (χ0n) is 10.0. The van der Waals surface area contributed by atoms with Crippen molar-refractivity contribution in [2.75, 3.05) is 10.7 Å². The van der Waals surface area contributed by atoms with Gasteiger partial charge in [-0.25, -0.2) is 15.2 Å². The number of halogens is 1. The van der Waals surface area contributed by atoms with E-state index < -0.39 is 0 Å². The third kappa shape index (κ3) is 2.75. The van der Waals surface area contributed by atoms with Gasteiger partial charge in [0.2, 0.25) is 0 Å². The summed E-state index contributed by atoms with van der Waals surface area (Å²) in [4.78, 5) is 4.01. The van der Waals surface area contributed by atoms with Crippen LogP contribution in [-0.2, 0) is 0 Å². The normalized spacial score (nSPS) is 11.9. The fraction of sp³-hybridized carbons (Fsp3) is 0.154. The van der Waals surface area contributed by atoms with Crippen molar-refractivity contribution >= 4 is 11.5 Å². The second-order valence-corrected chi connectivity index (χ2v) is 3.96. The molecule has 0 aliphatic heterocycles. The van der Waals surface area contributed by atoms with Gasteiger partial charge in [0.15, 0.2) is 0 Å². The average molecular weight is 246 g/mol. The molecule has 0 aliphatic rings. The molecule has 0 saturated heterocycles. The first-order chi connectivity index (χ1) is 8.70. The fourth-order valence-corrected chi connectivity index (χ4v) is 1.75. The first-order valence-corrected chi connectivity index (χ1v) is 5.64. The van der Waals surface area contributed by atoms with E-state index in [0.29, 0.717) is 11.4 Å². The third-order valence-electron chi connectivity index (χ3n) is 2.66. The van der Waals surface area contributed by atoms with Crippen LogP contribution in [0.2, 0.25) is 0 Å².